The quantitative estimate of drug-likeness (QED) is 0.874. The second-order valence-corrected chi connectivity index (χ2v) is 5.91. The summed E-state index contributed by atoms with van der Waals surface area (Å²) in [5, 5.41) is 9.73. The van der Waals surface area contributed by atoms with Crippen LogP contribution in [0, 0.1) is 18.8 Å². The van der Waals surface area contributed by atoms with Gasteiger partial charge in [0.25, 0.3) is 0 Å². The minimum absolute atomic E-state index is 0.0198. The van der Waals surface area contributed by atoms with Crippen LogP contribution in [0.5, 0.6) is 0 Å². The first-order valence-corrected chi connectivity index (χ1v) is 7.22. The maximum atomic E-state index is 12.1. The molecule has 2 atom stereocenters. The molecule has 0 bridgehead atoms. The zero-order valence-corrected chi connectivity index (χ0v) is 12.8. The van der Waals surface area contributed by atoms with E-state index in [4.69, 9.17) is 16.7 Å². The Balaban J connectivity index is 2.03. The number of aryl methyl sites for hydroxylation is 1. The number of carboxylic acids is 1. The Morgan fingerprint density at radius 3 is 2.67 bits per heavy atom. The zero-order valence-electron chi connectivity index (χ0n) is 12.0. The van der Waals surface area contributed by atoms with Gasteiger partial charge in [0.05, 0.1) is 5.92 Å². The van der Waals surface area contributed by atoms with Crippen molar-refractivity contribution >= 4 is 29.6 Å². The van der Waals surface area contributed by atoms with Crippen LogP contribution in [0.25, 0.3) is 6.08 Å². The summed E-state index contributed by atoms with van der Waals surface area (Å²) in [5.74, 6) is -1.50. The van der Waals surface area contributed by atoms with Crippen molar-refractivity contribution in [2.75, 3.05) is 13.1 Å². The van der Waals surface area contributed by atoms with Gasteiger partial charge >= 0.3 is 5.97 Å². The minimum Gasteiger partial charge on any atom is -0.481 e. The highest BCUT2D eigenvalue weighted by Crippen LogP contribution is 2.23. The number of nitrogens with zero attached hydrogens (tertiary/aromatic N) is 1. The topological polar surface area (TPSA) is 57.6 Å². The number of amides is 1. The van der Waals surface area contributed by atoms with E-state index in [0.29, 0.717) is 11.6 Å². The van der Waals surface area contributed by atoms with Crippen LogP contribution in [0.1, 0.15) is 18.1 Å². The molecule has 1 saturated heterocycles. The molecule has 0 saturated carbocycles. The van der Waals surface area contributed by atoms with Gasteiger partial charge in [-0.2, -0.15) is 0 Å². The van der Waals surface area contributed by atoms with Crippen LogP contribution in [0.2, 0.25) is 5.02 Å². The number of halogens is 1. The molecule has 2 rings (SSSR count). The Kier molecular flexibility index (Phi) is 4.68. The van der Waals surface area contributed by atoms with Gasteiger partial charge in [-0.1, -0.05) is 30.7 Å². The van der Waals surface area contributed by atoms with Crippen molar-refractivity contribution in [1.29, 1.82) is 0 Å². The van der Waals surface area contributed by atoms with Crippen LogP contribution in [0.4, 0.5) is 0 Å². The number of carboxylic acid groups (broad SMARTS) is 1. The molecule has 2 unspecified atom stereocenters. The molecule has 1 fully saturated rings. The number of carbonyl (C=O) groups excluding carboxylic acids is 1. The average Bonchev–Trinajstić information content (AvgIpc) is 2.82. The summed E-state index contributed by atoms with van der Waals surface area (Å²) in [6.07, 6.45) is 3.17. The molecule has 0 spiro atoms. The van der Waals surface area contributed by atoms with Crippen LogP contribution in [-0.2, 0) is 9.59 Å². The van der Waals surface area contributed by atoms with E-state index in [1.165, 1.54) is 6.08 Å². The lowest BCUT2D eigenvalue weighted by Gasteiger charge is -2.12. The van der Waals surface area contributed by atoms with E-state index < -0.39 is 11.9 Å². The number of aliphatic carboxylic acids is 1. The Labute approximate surface area is 129 Å². The number of rotatable bonds is 3. The summed E-state index contributed by atoms with van der Waals surface area (Å²) in [6, 6.07) is 5.58. The van der Waals surface area contributed by atoms with E-state index in [0.717, 1.165) is 11.1 Å². The standard InChI is InChI=1S/C16H18ClNO3/c1-10-3-4-12(7-14(10)17)5-6-15(19)18-8-11(2)13(9-18)16(20)21/h3-7,11,13H,8-9H2,1-2H3,(H,20,21). The summed E-state index contributed by atoms with van der Waals surface area (Å²) in [4.78, 5) is 24.7. The van der Waals surface area contributed by atoms with Crippen LogP contribution >= 0.6 is 11.6 Å². The lowest BCUT2D eigenvalue weighted by molar-refractivity contribution is -0.142. The number of hydrogen-bond donors (Lipinski definition) is 1. The normalized spacial score (nSPS) is 22.0. The molecule has 0 aliphatic carbocycles. The third-order valence-corrected chi connectivity index (χ3v) is 4.26. The van der Waals surface area contributed by atoms with Crippen molar-refractivity contribution in [3.8, 4) is 0 Å². The Morgan fingerprint density at radius 2 is 2.10 bits per heavy atom. The fraction of sp³-hybridized carbons (Fsp3) is 0.375. The molecule has 1 N–H and O–H groups in total. The van der Waals surface area contributed by atoms with E-state index >= 15 is 0 Å². The molecule has 4 nitrogen and oxygen atoms in total. The largest absolute Gasteiger partial charge is 0.481 e. The van der Waals surface area contributed by atoms with Crippen LogP contribution in [0.3, 0.4) is 0 Å². The molecule has 1 heterocycles. The maximum Gasteiger partial charge on any atom is 0.308 e. The molecule has 1 aromatic rings. The molecule has 1 aliphatic rings. The average molecular weight is 308 g/mol. The second-order valence-electron chi connectivity index (χ2n) is 5.51. The van der Waals surface area contributed by atoms with Gasteiger partial charge in [-0.05, 0) is 36.1 Å². The number of hydrogen-bond acceptors (Lipinski definition) is 2. The molecule has 0 radical (unpaired) electrons. The molecule has 1 aliphatic heterocycles. The van der Waals surface area contributed by atoms with E-state index in [1.807, 2.05) is 26.0 Å². The maximum absolute atomic E-state index is 12.1. The number of benzene rings is 1. The monoisotopic (exact) mass is 307 g/mol. The minimum atomic E-state index is -0.841. The van der Waals surface area contributed by atoms with Crippen molar-refractivity contribution in [2.45, 2.75) is 13.8 Å². The van der Waals surface area contributed by atoms with Gasteiger partial charge < -0.3 is 10.0 Å². The number of carbonyl (C=O) groups is 2. The zero-order chi connectivity index (χ0) is 15.6. The van der Waals surface area contributed by atoms with Crippen molar-refractivity contribution in [1.82, 2.24) is 4.90 Å². The van der Waals surface area contributed by atoms with E-state index in [-0.39, 0.29) is 18.4 Å². The molecule has 0 aromatic heterocycles. The molecule has 21 heavy (non-hydrogen) atoms. The van der Waals surface area contributed by atoms with Crippen molar-refractivity contribution in [2.24, 2.45) is 11.8 Å². The first-order chi connectivity index (χ1) is 9.88. The molecule has 1 amide bonds. The molecule has 112 valence electrons. The van der Waals surface area contributed by atoms with Crippen LogP contribution in [-0.4, -0.2) is 35.0 Å². The Bertz CT molecular complexity index is 597. The Morgan fingerprint density at radius 1 is 1.38 bits per heavy atom. The summed E-state index contributed by atoms with van der Waals surface area (Å²) >= 11 is 6.03. The fourth-order valence-corrected chi connectivity index (χ4v) is 2.64. The van der Waals surface area contributed by atoms with E-state index in [2.05, 4.69) is 0 Å². The summed E-state index contributed by atoms with van der Waals surface area (Å²) in [5.41, 5.74) is 1.83. The predicted molar refractivity (Wildman–Crippen MR) is 82.1 cm³/mol. The number of likely N-dealkylation sites (tertiary alicyclic amines) is 1. The van der Waals surface area contributed by atoms with E-state index in [9.17, 15) is 9.59 Å². The SMILES string of the molecule is Cc1ccc(C=CC(=O)N2CC(C)C(C(=O)O)C2)cc1Cl. The molecule has 5 heteroatoms. The highest BCUT2D eigenvalue weighted by molar-refractivity contribution is 6.31. The van der Waals surface area contributed by atoms with Gasteiger partial charge in [0.1, 0.15) is 0 Å². The molecule has 1 aromatic carbocycles. The second kappa shape index (κ2) is 6.31. The van der Waals surface area contributed by atoms with Gasteiger partial charge in [-0.15, -0.1) is 0 Å². The highest BCUT2D eigenvalue weighted by atomic mass is 35.5. The highest BCUT2D eigenvalue weighted by Gasteiger charge is 2.36. The van der Waals surface area contributed by atoms with Crippen molar-refractivity contribution in [3.05, 3.63) is 40.4 Å². The van der Waals surface area contributed by atoms with Gasteiger partial charge in [0.15, 0.2) is 0 Å². The summed E-state index contributed by atoms with van der Waals surface area (Å²) in [6.45, 7) is 4.53. The molecular weight excluding hydrogens is 290 g/mol. The third-order valence-electron chi connectivity index (χ3n) is 3.86. The first kappa shape index (κ1) is 15.6. The lowest BCUT2D eigenvalue weighted by Crippen LogP contribution is -2.28. The van der Waals surface area contributed by atoms with Gasteiger partial charge in [0.2, 0.25) is 5.91 Å². The van der Waals surface area contributed by atoms with E-state index in [1.54, 1.807) is 17.0 Å². The van der Waals surface area contributed by atoms with Crippen LogP contribution < -0.4 is 0 Å². The van der Waals surface area contributed by atoms with Gasteiger partial charge in [0, 0.05) is 24.2 Å². The first-order valence-electron chi connectivity index (χ1n) is 6.84. The Hall–Kier alpha value is -1.81. The summed E-state index contributed by atoms with van der Waals surface area (Å²) in [7, 11) is 0. The van der Waals surface area contributed by atoms with Gasteiger partial charge in [-0.3, -0.25) is 9.59 Å². The summed E-state index contributed by atoms with van der Waals surface area (Å²) < 4.78 is 0. The smallest absolute Gasteiger partial charge is 0.308 e. The predicted octanol–water partition coefficient (Wildman–Crippen LogP) is 2.84. The third kappa shape index (κ3) is 3.64. The van der Waals surface area contributed by atoms with Crippen molar-refractivity contribution < 1.29 is 14.7 Å². The molecular formula is C16H18ClNO3. The van der Waals surface area contributed by atoms with Crippen LogP contribution in [0.15, 0.2) is 24.3 Å². The fourth-order valence-electron chi connectivity index (χ4n) is 2.45. The lowest BCUT2D eigenvalue weighted by atomic mass is 9.99. The van der Waals surface area contributed by atoms with Gasteiger partial charge in [-0.25, -0.2) is 0 Å². The van der Waals surface area contributed by atoms with Crippen molar-refractivity contribution in [3.63, 3.8) is 0 Å².